The molecule has 0 radical (unpaired) electrons. The Hall–Kier alpha value is -4.00. The van der Waals surface area contributed by atoms with Crippen molar-refractivity contribution in [2.24, 2.45) is 0 Å². The average molecular weight is 402 g/mol. The minimum Gasteiger partial charge on any atom is -0.465 e. The van der Waals surface area contributed by atoms with E-state index in [0.29, 0.717) is 28.1 Å². The predicted molar refractivity (Wildman–Crippen MR) is 112 cm³/mol. The number of fused-ring (bicyclic) bond motifs is 1. The van der Waals surface area contributed by atoms with Crippen molar-refractivity contribution < 1.29 is 18.9 Å². The second-order valence-corrected chi connectivity index (χ2v) is 6.88. The van der Waals surface area contributed by atoms with Crippen LogP contribution in [0.4, 0.5) is 5.69 Å². The fraction of sp³-hybridized carbons (Fsp3) is 0.130. The van der Waals surface area contributed by atoms with Crippen LogP contribution in [0.5, 0.6) is 0 Å². The minimum atomic E-state index is -0.444. The van der Waals surface area contributed by atoms with Crippen molar-refractivity contribution in [1.29, 1.82) is 0 Å². The molecule has 4 aromatic rings. The summed E-state index contributed by atoms with van der Waals surface area (Å²) in [5, 5.41) is 11.3. The monoisotopic (exact) mass is 402 g/mol. The van der Waals surface area contributed by atoms with Crippen molar-refractivity contribution >= 4 is 22.8 Å². The molecule has 0 atom stereocenters. The average Bonchev–Trinajstić information content (AvgIpc) is 3.16. The van der Waals surface area contributed by atoms with Crippen LogP contribution in [0.25, 0.3) is 33.7 Å². The molecule has 1 heterocycles. The Balaban J connectivity index is 1.84. The van der Waals surface area contributed by atoms with E-state index in [1.165, 1.54) is 13.2 Å². The molecule has 0 aliphatic rings. The number of carbonyl (C=O) groups excluding carboxylic acids is 1. The van der Waals surface area contributed by atoms with Crippen molar-refractivity contribution in [1.82, 2.24) is 4.98 Å². The number of aromatic nitrogens is 1. The summed E-state index contributed by atoms with van der Waals surface area (Å²) in [4.78, 5) is 27.3. The first-order valence-corrected chi connectivity index (χ1v) is 9.24. The van der Waals surface area contributed by atoms with Crippen LogP contribution in [0.3, 0.4) is 0 Å². The number of rotatable bonds is 4. The quantitative estimate of drug-likeness (QED) is 0.255. The molecule has 4 rings (SSSR count). The summed E-state index contributed by atoms with van der Waals surface area (Å²) in [6, 6.07) is 15.6. The molecular formula is C23H18N2O5. The van der Waals surface area contributed by atoms with E-state index in [2.05, 4.69) is 4.98 Å². The minimum absolute atomic E-state index is 0.0782. The fourth-order valence-electron chi connectivity index (χ4n) is 3.56. The summed E-state index contributed by atoms with van der Waals surface area (Å²) < 4.78 is 10.7. The first-order chi connectivity index (χ1) is 14.4. The Morgan fingerprint density at radius 1 is 1.00 bits per heavy atom. The summed E-state index contributed by atoms with van der Waals surface area (Å²) in [6.45, 7) is 3.67. The molecule has 30 heavy (non-hydrogen) atoms. The van der Waals surface area contributed by atoms with E-state index in [4.69, 9.17) is 9.15 Å². The maximum Gasteiger partial charge on any atom is 0.337 e. The summed E-state index contributed by atoms with van der Waals surface area (Å²) in [7, 11) is 1.32. The molecule has 0 saturated heterocycles. The van der Waals surface area contributed by atoms with Gasteiger partial charge in [-0.3, -0.25) is 10.1 Å². The maximum absolute atomic E-state index is 11.8. The lowest BCUT2D eigenvalue weighted by molar-refractivity contribution is -0.385. The number of esters is 1. The number of carbonyl (C=O) groups is 1. The van der Waals surface area contributed by atoms with E-state index in [1.54, 1.807) is 31.2 Å². The number of oxazole rings is 1. The van der Waals surface area contributed by atoms with Crippen LogP contribution < -0.4 is 0 Å². The van der Waals surface area contributed by atoms with Crippen LogP contribution in [0.1, 0.15) is 21.5 Å². The predicted octanol–water partition coefficient (Wildman–Crippen LogP) is 5.47. The highest BCUT2D eigenvalue weighted by atomic mass is 16.6. The Morgan fingerprint density at radius 2 is 1.67 bits per heavy atom. The Kier molecular flexibility index (Phi) is 4.79. The summed E-state index contributed by atoms with van der Waals surface area (Å²) in [5.74, 6) is -0.0322. The van der Waals surface area contributed by atoms with Crippen molar-refractivity contribution in [3.8, 4) is 22.6 Å². The molecule has 0 amide bonds. The second kappa shape index (κ2) is 7.44. The number of nitrogens with zero attached hydrogens (tertiary/aromatic N) is 2. The second-order valence-electron chi connectivity index (χ2n) is 6.88. The number of methoxy groups -OCH3 is 1. The third-order valence-electron chi connectivity index (χ3n) is 5.16. The van der Waals surface area contributed by atoms with E-state index in [1.807, 2.05) is 31.2 Å². The van der Waals surface area contributed by atoms with E-state index < -0.39 is 5.97 Å². The van der Waals surface area contributed by atoms with Gasteiger partial charge in [-0.05, 0) is 54.8 Å². The standard InChI is InChI=1S/C23H18N2O5/c1-13-16(17-7-5-9-20(14(17)2)25(27)28)6-4-8-18(13)22-24-19-12-15(23(26)29-3)10-11-21(19)30-22/h4-12H,1-3H3. The lowest BCUT2D eigenvalue weighted by Crippen LogP contribution is -2.00. The van der Waals surface area contributed by atoms with E-state index in [0.717, 1.165) is 22.3 Å². The van der Waals surface area contributed by atoms with Gasteiger partial charge in [0.25, 0.3) is 5.69 Å². The van der Waals surface area contributed by atoms with Gasteiger partial charge in [-0.25, -0.2) is 9.78 Å². The van der Waals surface area contributed by atoms with Crippen LogP contribution in [-0.2, 0) is 4.74 Å². The highest BCUT2D eigenvalue weighted by Gasteiger charge is 2.19. The Labute approximate surface area is 172 Å². The molecule has 0 spiro atoms. The zero-order valence-electron chi connectivity index (χ0n) is 16.6. The van der Waals surface area contributed by atoms with Crippen LogP contribution in [0, 0.1) is 24.0 Å². The van der Waals surface area contributed by atoms with Gasteiger partial charge >= 0.3 is 5.97 Å². The third kappa shape index (κ3) is 3.20. The topological polar surface area (TPSA) is 95.5 Å². The zero-order chi connectivity index (χ0) is 21.4. The van der Waals surface area contributed by atoms with Crippen molar-refractivity contribution in [3.05, 3.63) is 81.4 Å². The third-order valence-corrected chi connectivity index (χ3v) is 5.16. The zero-order valence-corrected chi connectivity index (χ0v) is 16.6. The first kappa shape index (κ1) is 19.3. The van der Waals surface area contributed by atoms with Crippen LogP contribution in [-0.4, -0.2) is 23.0 Å². The lowest BCUT2D eigenvalue weighted by Gasteiger charge is -2.12. The van der Waals surface area contributed by atoms with Crippen molar-refractivity contribution in [2.75, 3.05) is 7.11 Å². The lowest BCUT2D eigenvalue weighted by atomic mass is 9.93. The smallest absolute Gasteiger partial charge is 0.337 e. The molecule has 0 bridgehead atoms. The number of hydrogen-bond acceptors (Lipinski definition) is 6. The highest BCUT2D eigenvalue weighted by molar-refractivity contribution is 5.93. The normalized spacial score (nSPS) is 10.9. The first-order valence-electron chi connectivity index (χ1n) is 9.24. The fourth-order valence-corrected chi connectivity index (χ4v) is 3.56. The molecule has 3 aromatic carbocycles. The number of hydrogen-bond donors (Lipinski definition) is 0. The summed E-state index contributed by atoms with van der Waals surface area (Å²) >= 11 is 0. The van der Waals surface area contributed by atoms with Gasteiger partial charge < -0.3 is 9.15 Å². The molecule has 0 N–H and O–H groups in total. The van der Waals surface area contributed by atoms with Crippen LogP contribution in [0.15, 0.2) is 59.0 Å². The van der Waals surface area contributed by atoms with Gasteiger partial charge in [0.2, 0.25) is 5.89 Å². The summed E-state index contributed by atoms with van der Waals surface area (Å²) in [6.07, 6.45) is 0. The molecular weight excluding hydrogens is 384 g/mol. The Morgan fingerprint density at radius 3 is 2.37 bits per heavy atom. The number of nitro groups is 1. The molecule has 0 aliphatic carbocycles. The van der Waals surface area contributed by atoms with Gasteiger partial charge in [-0.1, -0.05) is 24.3 Å². The maximum atomic E-state index is 11.8. The van der Waals surface area contributed by atoms with E-state index >= 15 is 0 Å². The number of benzene rings is 3. The summed E-state index contributed by atoms with van der Waals surface area (Å²) in [5.41, 5.74) is 5.48. The van der Waals surface area contributed by atoms with Gasteiger partial charge in [-0.15, -0.1) is 0 Å². The largest absolute Gasteiger partial charge is 0.465 e. The highest BCUT2D eigenvalue weighted by Crippen LogP contribution is 2.36. The van der Waals surface area contributed by atoms with Gasteiger partial charge in [-0.2, -0.15) is 0 Å². The molecule has 0 aliphatic heterocycles. The number of ether oxygens (including phenoxy) is 1. The number of nitro benzene ring substituents is 1. The van der Waals surface area contributed by atoms with E-state index in [-0.39, 0.29) is 10.6 Å². The molecule has 1 aromatic heterocycles. The molecule has 0 fully saturated rings. The molecule has 7 heteroatoms. The Bertz CT molecular complexity index is 1310. The van der Waals surface area contributed by atoms with Gasteiger partial charge in [0.15, 0.2) is 5.58 Å². The van der Waals surface area contributed by atoms with E-state index in [9.17, 15) is 14.9 Å². The van der Waals surface area contributed by atoms with Crippen molar-refractivity contribution in [2.45, 2.75) is 13.8 Å². The van der Waals surface area contributed by atoms with Gasteiger partial charge in [0, 0.05) is 17.2 Å². The SMILES string of the molecule is COC(=O)c1ccc2oc(-c3cccc(-c4cccc([N+](=O)[O-])c4C)c3C)nc2c1. The van der Waals surface area contributed by atoms with Crippen LogP contribution in [0.2, 0.25) is 0 Å². The van der Waals surface area contributed by atoms with Gasteiger partial charge in [0.05, 0.1) is 17.6 Å². The van der Waals surface area contributed by atoms with Crippen molar-refractivity contribution in [3.63, 3.8) is 0 Å². The molecule has 0 saturated carbocycles. The molecule has 7 nitrogen and oxygen atoms in total. The van der Waals surface area contributed by atoms with Gasteiger partial charge in [0.1, 0.15) is 5.52 Å². The van der Waals surface area contributed by atoms with Crippen LogP contribution >= 0.6 is 0 Å². The molecule has 0 unspecified atom stereocenters. The molecule has 150 valence electrons.